The smallest absolute Gasteiger partial charge is 0.307 e. The van der Waals surface area contributed by atoms with E-state index in [1.54, 1.807) is 0 Å². The van der Waals surface area contributed by atoms with Crippen molar-refractivity contribution >= 4 is 21.9 Å². The van der Waals surface area contributed by atoms with Gasteiger partial charge in [-0.05, 0) is 20.3 Å². The van der Waals surface area contributed by atoms with Gasteiger partial charge in [-0.3, -0.25) is 4.79 Å². The maximum atomic E-state index is 11.6. The average molecular weight is 462 g/mol. The zero-order valence-electron chi connectivity index (χ0n) is 19.3. The van der Waals surface area contributed by atoms with Crippen molar-refractivity contribution in [2.75, 3.05) is 6.61 Å². The molecular formula is C25H49BrO2. The molecule has 0 aromatic heterocycles. The molecule has 0 heterocycles. The van der Waals surface area contributed by atoms with Crippen molar-refractivity contribution in [3.05, 3.63) is 0 Å². The Morgan fingerprint density at radius 3 is 1.29 bits per heavy atom. The van der Waals surface area contributed by atoms with Crippen LogP contribution in [-0.2, 0) is 9.53 Å². The Bertz CT molecular complexity index is 336. The number of halogens is 1. The van der Waals surface area contributed by atoms with Gasteiger partial charge in [0.05, 0.1) is 13.0 Å². The quantitative estimate of drug-likeness (QED) is 0.0967. The monoisotopic (exact) mass is 460 g/mol. The van der Waals surface area contributed by atoms with E-state index >= 15 is 0 Å². The first-order chi connectivity index (χ1) is 13.5. The highest BCUT2D eigenvalue weighted by atomic mass is 79.9. The molecule has 0 fully saturated rings. The molecule has 0 aliphatic rings. The minimum Gasteiger partial charge on any atom is -0.466 e. The van der Waals surface area contributed by atoms with Gasteiger partial charge in [0.1, 0.15) is 0 Å². The minimum absolute atomic E-state index is 0.0890. The molecule has 168 valence electrons. The second-order valence-corrected chi connectivity index (χ2v) is 11.3. The minimum atomic E-state index is -0.155. The van der Waals surface area contributed by atoms with E-state index in [1.807, 2.05) is 13.8 Å². The standard InChI is InChI=1S/C25H49BrO2/c1-4-5-6-7-8-9-10-11-12-13-14-15-16-17-18-19-20-21-22-28-24(27)23-25(2,3)26/h4-23H2,1-3H3. The van der Waals surface area contributed by atoms with Crippen LogP contribution in [0, 0.1) is 0 Å². The third kappa shape index (κ3) is 24.0. The van der Waals surface area contributed by atoms with E-state index in [4.69, 9.17) is 4.74 Å². The van der Waals surface area contributed by atoms with E-state index in [9.17, 15) is 4.79 Å². The number of rotatable bonds is 21. The summed E-state index contributed by atoms with van der Waals surface area (Å²) in [5.74, 6) is -0.0890. The second-order valence-electron chi connectivity index (χ2n) is 9.13. The van der Waals surface area contributed by atoms with E-state index < -0.39 is 0 Å². The van der Waals surface area contributed by atoms with E-state index in [-0.39, 0.29) is 10.3 Å². The Morgan fingerprint density at radius 2 is 0.964 bits per heavy atom. The molecular weight excluding hydrogens is 412 g/mol. The molecule has 0 atom stereocenters. The van der Waals surface area contributed by atoms with Gasteiger partial charge in [0.15, 0.2) is 0 Å². The summed E-state index contributed by atoms with van der Waals surface area (Å²) in [5, 5.41) is 0. The summed E-state index contributed by atoms with van der Waals surface area (Å²) in [6.07, 6.45) is 25.2. The van der Waals surface area contributed by atoms with E-state index in [1.165, 1.54) is 109 Å². The molecule has 0 aliphatic heterocycles. The first-order valence-corrected chi connectivity index (χ1v) is 13.1. The predicted octanol–water partition coefficient (Wildman–Crippen LogP) is 9.13. The van der Waals surface area contributed by atoms with Crippen LogP contribution in [0.15, 0.2) is 0 Å². The highest BCUT2D eigenvalue weighted by Gasteiger charge is 2.18. The molecule has 3 heteroatoms. The van der Waals surface area contributed by atoms with Crippen LogP contribution in [-0.4, -0.2) is 16.9 Å². The summed E-state index contributed by atoms with van der Waals surface area (Å²) in [7, 11) is 0. The van der Waals surface area contributed by atoms with Crippen molar-refractivity contribution in [3.63, 3.8) is 0 Å². The predicted molar refractivity (Wildman–Crippen MR) is 127 cm³/mol. The summed E-state index contributed by atoms with van der Waals surface area (Å²) in [5.41, 5.74) is 0. The zero-order chi connectivity index (χ0) is 20.9. The van der Waals surface area contributed by atoms with Crippen LogP contribution in [0.1, 0.15) is 143 Å². The van der Waals surface area contributed by atoms with Gasteiger partial charge in [-0.2, -0.15) is 0 Å². The summed E-state index contributed by atoms with van der Waals surface area (Å²) < 4.78 is 5.12. The first-order valence-electron chi connectivity index (χ1n) is 12.3. The maximum absolute atomic E-state index is 11.6. The molecule has 28 heavy (non-hydrogen) atoms. The van der Waals surface area contributed by atoms with Crippen LogP contribution in [0.5, 0.6) is 0 Å². The average Bonchev–Trinajstić information content (AvgIpc) is 2.62. The van der Waals surface area contributed by atoms with Crippen LogP contribution in [0.4, 0.5) is 0 Å². The molecule has 0 rings (SSSR count). The molecule has 0 aliphatic carbocycles. The Morgan fingerprint density at radius 1 is 0.643 bits per heavy atom. The molecule has 0 aromatic rings. The molecule has 0 saturated carbocycles. The Hall–Kier alpha value is -0.0500. The summed E-state index contributed by atoms with van der Waals surface area (Å²) in [6.45, 7) is 6.85. The molecule has 2 nitrogen and oxygen atoms in total. The molecule has 0 aromatic carbocycles. The van der Waals surface area contributed by atoms with Crippen molar-refractivity contribution < 1.29 is 9.53 Å². The molecule has 0 amide bonds. The highest BCUT2D eigenvalue weighted by Crippen LogP contribution is 2.21. The van der Waals surface area contributed by atoms with Crippen LogP contribution in [0.25, 0.3) is 0 Å². The lowest BCUT2D eigenvalue weighted by molar-refractivity contribution is -0.144. The second kappa shape index (κ2) is 20.2. The number of esters is 1. The Labute approximate surface area is 185 Å². The first kappa shape index (κ1) is 27.9. The lowest BCUT2D eigenvalue weighted by Gasteiger charge is -2.14. The largest absolute Gasteiger partial charge is 0.466 e. The number of hydrogen-bond donors (Lipinski definition) is 0. The van der Waals surface area contributed by atoms with Gasteiger partial charge in [0.25, 0.3) is 0 Å². The van der Waals surface area contributed by atoms with E-state index in [0.717, 1.165) is 6.42 Å². The summed E-state index contributed by atoms with van der Waals surface area (Å²) >= 11 is 3.48. The summed E-state index contributed by atoms with van der Waals surface area (Å²) in [4.78, 5) is 11.6. The lowest BCUT2D eigenvalue weighted by Crippen LogP contribution is -2.18. The van der Waals surface area contributed by atoms with Crippen molar-refractivity contribution in [2.45, 2.75) is 147 Å². The molecule has 0 radical (unpaired) electrons. The topological polar surface area (TPSA) is 26.3 Å². The third-order valence-corrected chi connectivity index (χ3v) is 5.61. The Kier molecular flexibility index (Phi) is 20.2. The maximum Gasteiger partial charge on any atom is 0.307 e. The van der Waals surface area contributed by atoms with Gasteiger partial charge in [0.2, 0.25) is 0 Å². The fourth-order valence-electron chi connectivity index (χ4n) is 3.58. The number of hydrogen-bond acceptors (Lipinski definition) is 2. The van der Waals surface area contributed by atoms with E-state index in [0.29, 0.717) is 13.0 Å². The number of ether oxygens (including phenoxy) is 1. The Balaban J connectivity index is 3.11. The van der Waals surface area contributed by atoms with Crippen molar-refractivity contribution in [1.29, 1.82) is 0 Å². The molecule has 0 saturated heterocycles. The van der Waals surface area contributed by atoms with E-state index in [2.05, 4.69) is 22.9 Å². The van der Waals surface area contributed by atoms with Crippen molar-refractivity contribution in [2.24, 2.45) is 0 Å². The lowest BCUT2D eigenvalue weighted by atomic mass is 10.0. The number of alkyl halides is 1. The number of carbonyl (C=O) groups excluding carboxylic acids is 1. The fraction of sp³-hybridized carbons (Fsp3) is 0.960. The fourth-order valence-corrected chi connectivity index (χ4v) is 3.81. The zero-order valence-corrected chi connectivity index (χ0v) is 20.9. The van der Waals surface area contributed by atoms with Gasteiger partial charge >= 0.3 is 5.97 Å². The highest BCUT2D eigenvalue weighted by molar-refractivity contribution is 9.10. The SMILES string of the molecule is CCCCCCCCCCCCCCCCCCCCOC(=O)CC(C)(C)Br. The van der Waals surface area contributed by atoms with Gasteiger partial charge < -0.3 is 4.74 Å². The van der Waals surface area contributed by atoms with Crippen LogP contribution < -0.4 is 0 Å². The number of carbonyl (C=O) groups is 1. The molecule has 0 spiro atoms. The normalized spacial score (nSPS) is 11.7. The number of unbranched alkanes of at least 4 members (excludes halogenated alkanes) is 17. The van der Waals surface area contributed by atoms with Crippen LogP contribution in [0.2, 0.25) is 0 Å². The van der Waals surface area contributed by atoms with Gasteiger partial charge in [-0.25, -0.2) is 0 Å². The van der Waals surface area contributed by atoms with Gasteiger partial charge in [-0.1, -0.05) is 132 Å². The molecule has 0 unspecified atom stereocenters. The van der Waals surface area contributed by atoms with Crippen molar-refractivity contribution in [3.8, 4) is 0 Å². The van der Waals surface area contributed by atoms with Gasteiger partial charge in [-0.15, -0.1) is 0 Å². The van der Waals surface area contributed by atoms with Crippen molar-refractivity contribution in [1.82, 2.24) is 0 Å². The third-order valence-electron chi connectivity index (χ3n) is 5.33. The van der Waals surface area contributed by atoms with Gasteiger partial charge in [0, 0.05) is 4.32 Å². The summed E-state index contributed by atoms with van der Waals surface area (Å²) in [6, 6.07) is 0. The molecule has 0 N–H and O–H groups in total. The molecule has 0 bridgehead atoms. The van der Waals surface area contributed by atoms with Crippen LogP contribution >= 0.6 is 15.9 Å². The van der Waals surface area contributed by atoms with Crippen LogP contribution in [0.3, 0.4) is 0 Å².